The molecule has 0 atom stereocenters. The summed E-state index contributed by atoms with van der Waals surface area (Å²) in [5, 5.41) is 0. The summed E-state index contributed by atoms with van der Waals surface area (Å²) >= 11 is 2.18. The predicted molar refractivity (Wildman–Crippen MR) is 49.7 cm³/mol. The molecule has 0 radical (unpaired) electrons. The van der Waals surface area contributed by atoms with Crippen molar-refractivity contribution < 1.29 is 0 Å². The van der Waals surface area contributed by atoms with E-state index in [9.17, 15) is 0 Å². The van der Waals surface area contributed by atoms with Crippen LogP contribution in [0.1, 0.15) is 0 Å². The van der Waals surface area contributed by atoms with Gasteiger partial charge in [0.2, 0.25) is 0 Å². The fraction of sp³-hybridized carbons (Fsp3) is 0. The number of fused-ring (bicyclic) bond motifs is 1. The van der Waals surface area contributed by atoms with Crippen LogP contribution in [-0.2, 0) is 0 Å². The van der Waals surface area contributed by atoms with Crippen LogP contribution in [0.15, 0.2) is 24.3 Å². The van der Waals surface area contributed by atoms with Gasteiger partial charge in [0, 0.05) is 0 Å². The first-order valence-corrected chi connectivity index (χ1v) is 3.91. The van der Waals surface area contributed by atoms with E-state index in [4.69, 9.17) is 0 Å². The maximum atomic E-state index is 3.02. The summed E-state index contributed by atoms with van der Waals surface area (Å²) < 4.78 is 1.91. The normalized spacial score (nSPS) is 14.7. The second-order valence-electron chi connectivity index (χ2n) is 2.03. The Bertz CT molecular complexity index is 251. The van der Waals surface area contributed by atoms with E-state index in [-0.39, 0.29) is 0 Å². The SMILES string of the molecule is IN1NNc2ccccc21. The molecule has 0 aromatic heterocycles. The molecule has 0 unspecified atom stereocenters. The third-order valence-corrected chi connectivity index (χ3v) is 2.17. The van der Waals surface area contributed by atoms with Gasteiger partial charge >= 0.3 is 0 Å². The van der Waals surface area contributed by atoms with Crippen LogP contribution in [0.25, 0.3) is 0 Å². The number of halogens is 1. The zero-order valence-corrected chi connectivity index (χ0v) is 7.29. The van der Waals surface area contributed by atoms with Crippen molar-refractivity contribution in [3.05, 3.63) is 24.3 Å². The lowest BCUT2D eigenvalue weighted by molar-refractivity contribution is 0.950. The lowest BCUT2D eigenvalue weighted by Crippen LogP contribution is -2.26. The average Bonchev–Trinajstić information content (AvgIpc) is 2.34. The second kappa shape index (κ2) is 2.28. The van der Waals surface area contributed by atoms with E-state index in [1.807, 2.05) is 21.4 Å². The van der Waals surface area contributed by atoms with Gasteiger partial charge in [-0.3, -0.25) is 0 Å². The van der Waals surface area contributed by atoms with Crippen LogP contribution in [0.2, 0.25) is 0 Å². The number of nitrogens with one attached hydrogen (secondary N) is 2. The fourth-order valence-electron chi connectivity index (χ4n) is 0.920. The number of para-hydroxylation sites is 2. The third kappa shape index (κ3) is 0.836. The average molecular weight is 247 g/mol. The minimum absolute atomic E-state index is 1.12. The van der Waals surface area contributed by atoms with Crippen LogP contribution >= 0.6 is 22.9 Å². The summed E-state index contributed by atoms with van der Waals surface area (Å²) in [4.78, 5) is 0. The van der Waals surface area contributed by atoms with E-state index in [0.717, 1.165) is 5.69 Å². The molecule has 10 heavy (non-hydrogen) atoms. The van der Waals surface area contributed by atoms with Gasteiger partial charge in [-0.1, -0.05) is 12.1 Å². The number of nitrogens with zero attached hydrogens (tertiary/aromatic N) is 1. The van der Waals surface area contributed by atoms with E-state index in [2.05, 4.69) is 39.9 Å². The Morgan fingerprint density at radius 2 is 2.10 bits per heavy atom. The summed E-state index contributed by atoms with van der Waals surface area (Å²) in [6.07, 6.45) is 0. The molecule has 1 aliphatic heterocycles. The molecule has 0 aliphatic carbocycles. The molecular formula is C6H6IN3. The first-order valence-electron chi connectivity index (χ1n) is 2.94. The van der Waals surface area contributed by atoms with Crippen LogP contribution in [0.4, 0.5) is 11.4 Å². The Kier molecular flexibility index (Phi) is 1.42. The maximum absolute atomic E-state index is 3.02. The molecule has 1 aliphatic rings. The number of hydrazine groups is 2. The molecule has 2 rings (SSSR count). The van der Waals surface area contributed by atoms with Gasteiger partial charge in [0.15, 0.2) is 0 Å². The zero-order valence-electron chi connectivity index (χ0n) is 5.13. The minimum atomic E-state index is 1.12. The third-order valence-electron chi connectivity index (χ3n) is 1.40. The Hall–Kier alpha value is -0.490. The van der Waals surface area contributed by atoms with Crippen LogP contribution in [-0.4, -0.2) is 0 Å². The summed E-state index contributed by atoms with van der Waals surface area (Å²) in [5.74, 6) is 0. The first-order chi connectivity index (χ1) is 4.88. The highest BCUT2D eigenvalue weighted by molar-refractivity contribution is 14.1. The molecular weight excluding hydrogens is 241 g/mol. The largest absolute Gasteiger partial charge is 0.301 e. The van der Waals surface area contributed by atoms with E-state index >= 15 is 0 Å². The standard InChI is InChI=1S/C6H6IN3/c7-10-6-4-2-1-3-5(6)8-9-10/h1-4,8-9H. The van der Waals surface area contributed by atoms with Crippen LogP contribution in [0.3, 0.4) is 0 Å². The van der Waals surface area contributed by atoms with Gasteiger partial charge in [-0.05, 0) is 12.1 Å². The van der Waals surface area contributed by atoms with Gasteiger partial charge in [0.05, 0.1) is 34.2 Å². The van der Waals surface area contributed by atoms with E-state index in [0.29, 0.717) is 0 Å². The maximum Gasteiger partial charge on any atom is 0.0896 e. The molecule has 4 heteroatoms. The molecule has 0 fully saturated rings. The summed E-state index contributed by atoms with van der Waals surface area (Å²) in [6, 6.07) is 8.10. The van der Waals surface area contributed by atoms with Gasteiger partial charge in [-0.15, -0.1) is 5.53 Å². The van der Waals surface area contributed by atoms with Gasteiger partial charge in [-0.25, -0.2) is 3.22 Å². The van der Waals surface area contributed by atoms with Crippen molar-refractivity contribution in [3.63, 3.8) is 0 Å². The summed E-state index contributed by atoms with van der Waals surface area (Å²) in [5.41, 5.74) is 8.26. The fourth-order valence-corrected chi connectivity index (χ4v) is 1.46. The summed E-state index contributed by atoms with van der Waals surface area (Å²) in [7, 11) is 0. The van der Waals surface area contributed by atoms with E-state index < -0.39 is 0 Å². The van der Waals surface area contributed by atoms with Crippen molar-refractivity contribution in [1.82, 2.24) is 5.53 Å². The predicted octanol–water partition coefficient (Wildman–Crippen LogP) is 1.69. The Balaban J connectivity index is 2.51. The highest BCUT2D eigenvalue weighted by Crippen LogP contribution is 2.29. The second-order valence-corrected chi connectivity index (χ2v) is 3.00. The van der Waals surface area contributed by atoms with Crippen molar-refractivity contribution in [2.75, 3.05) is 8.65 Å². The molecule has 0 spiro atoms. The highest BCUT2D eigenvalue weighted by Gasteiger charge is 2.13. The van der Waals surface area contributed by atoms with Gasteiger partial charge < -0.3 is 5.43 Å². The lowest BCUT2D eigenvalue weighted by Gasteiger charge is -2.04. The van der Waals surface area contributed by atoms with Crippen LogP contribution in [0, 0.1) is 0 Å². The topological polar surface area (TPSA) is 27.3 Å². The van der Waals surface area contributed by atoms with Gasteiger partial charge in [0.1, 0.15) is 0 Å². The minimum Gasteiger partial charge on any atom is -0.301 e. The molecule has 0 saturated carbocycles. The molecule has 3 nitrogen and oxygen atoms in total. The van der Waals surface area contributed by atoms with Gasteiger partial charge in [0.25, 0.3) is 0 Å². The lowest BCUT2D eigenvalue weighted by atomic mass is 10.3. The molecule has 0 bridgehead atoms. The Morgan fingerprint density at radius 3 is 2.90 bits per heavy atom. The smallest absolute Gasteiger partial charge is 0.0896 e. The van der Waals surface area contributed by atoms with Crippen molar-refractivity contribution in [2.24, 2.45) is 0 Å². The van der Waals surface area contributed by atoms with Crippen LogP contribution < -0.4 is 14.2 Å². The van der Waals surface area contributed by atoms with E-state index in [1.165, 1.54) is 5.69 Å². The Labute approximate surface area is 72.8 Å². The van der Waals surface area contributed by atoms with Crippen molar-refractivity contribution in [3.8, 4) is 0 Å². The molecule has 0 saturated heterocycles. The highest BCUT2D eigenvalue weighted by atomic mass is 127. The van der Waals surface area contributed by atoms with Gasteiger partial charge in [-0.2, -0.15) is 0 Å². The first kappa shape index (κ1) is 6.23. The van der Waals surface area contributed by atoms with E-state index in [1.54, 1.807) is 0 Å². The van der Waals surface area contributed by atoms with Crippen molar-refractivity contribution in [2.45, 2.75) is 0 Å². The zero-order chi connectivity index (χ0) is 6.97. The molecule has 1 heterocycles. The number of anilines is 2. The monoisotopic (exact) mass is 247 g/mol. The number of hydrogen-bond acceptors (Lipinski definition) is 3. The number of rotatable bonds is 0. The number of hydrogen-bond donors (Lipinski definition) is 2. The van der Waals surface area contributed by atoms with Crippen molar-refractivity contribution in [1.29, 1.82) is 0 Å². The molecule has 1 aromatic carbocycles. The molecule has 1 aromatic rings. The van der Waals surface area contributed by atoms with Crippen molar-refractivity contribution >= 4 is 34.2 Å². The molecule has 52 valence electrons. The summed E-state index contributed by atoms with van der Waals surface area (Å²) in [6.45, 7) is 0. The Morgan fingerprint density at radius 1 is 1.30 bits per heavy atom. The molecule has 2 N–H and O–H groups in total. The molecule has 0 amide bonds. The van der Waals surface area contributed by atoms with Crippen LogP contribution in [0.5, 0.6) is 0 Å². The number of benzene rings is 1. The quantitative estimate of drug-likeness (QED) is 0.539.